The van der Waals surface area contributed by atoms with Gasteiger partial charge in [-0.15, -0.1) is 0 Å². The van der Waals surface area contributed by atoms with Crippen LogP contribution in [0.5, 0.6) is 0 Å². The topological polar surface area (TPSA) is 97.3 Å². The van der Waals surface area contributed by atoms with Crippen molar-refractivity contribution < 1.29 is 29.2 Å². The van der Waals surface area contributed by atoms with Gasteiger partial charge in [0.05, 0.1) is 0 Å². The van der Waals surface area contributed by atoms with Crippen molar-refractivity contribution in [1.82, 2.24) is 5.32 Å². The van der Waals surface area contributed by atoms with Gasteiger partial charge in [0.2, 0.25) is 0 Å². The van der Waals surface area contributed by atoms with Gasteiger partial charge in [0.1, 0.15) is 18.3 Å². The van der Waals surface area contributed by atoms with Gasteiger partial charge in [-0.1, -0.05) is 30.3 Å². The van der Waals surface area contributed by atoms with Crippen LogP contribution in [-0.4, -0.2) is 61.0 Å². The van der Waals surface area contributed by atoms with Crippen LogP contribution in [0.4, 0.5) is 0 Å². The summed E-state index contributed by atoms with van der Waals surface area (Å²) in [6.45, 7) is 0.326. The van der Waals surface area contributed by atoms with Crippen LogP contribution in [-0.2, 0) is 25.5 Å². The molecule has 1 aliphatic heterocycles. The second-order valence-corrected chi connectivity index (χ2v) is 5.05. The number of rotatable bonds is 5. The van der Waals surface area contributed by atoms with Crippen molar-refractivity contribution in [1.29, 1.82) is 0 Å². The van der Waals surface area contributed by atoms with E-state index in [1.54, 1.807) is 0 Å². The largest absolute Gasteiger partial charge is 0.387 e. The molecule has 3 N–H and O–H groups in total. The Bertz CT molecular complexity index is 482. The third kappa shape index (κ3) is 3.63. The zero-order valence-corrected chi connectivity index (χ0v) is 12.5. The third-order valence-electron chi connectivity index (χ3n) is 3.62. The first-order valence-corrected chi connectivity index (χ1v) is 6.97. The molecule has 1 aliphatic rings. The first-order valence-electron chi connectivity index (χ1n) is 6.97. The Morgan fingerprint density at radius 3 is 2.45 bits per heavy atom. The molecule has 1 fully saturated rings. The molecule has 0 aromatic heterocycles. The van der Waals surface area contributed by atoms with Gasteiger partial charge < -0.3 is 29.7 Å². The second-order valence-electron chi connectivity index (χ2n) is 5.05. The average Bonchev–Trinajstić information content (AvgIpc) is 2.55. The molecule has 122 valence electrons. The molecular weight excluding hydrogens is 290 g/mol. The lowest BCUT2D eigenvalue weighted by molar-refractivity contribution is -0.287. The molecule has 1 aromatic carbocycles. The van der Waals surface area contributed by atoms with Gasteiger partial charge in [-0.05, 0) is 5.56 Å². The van der Waals surface area contributed by atoms with Gasteiger partial charge in [-0.25, -0.2) is 0 Å². The summed E-state index contributed by atoms with van der Waals surface area (Å²) in [6, 6.07) is 9.39. The van der Waals surface area contributed by atoms with Crippen molar-refractivity contribution in [2.75, 3.05) is 14.2 Å². The summed E-state index contributed by atoms with van der Waals surface area (Å²) in [5, 5.41) is 22.6. The quantitative estimate of drug-likeness (QED) is 0.672. The number of methoxy groups -OCH3 is 2. The molecule has 0 aliphatic carbocycles. The highest BCUT2D eigenvalue weighted by Crippen LogP contribution is 2.23. The van der Waals surface area contributed by atoms with Crippen LogP contribution in [0.1, 0.15) is 5.56 Å². The lowest BCUT2D eigenvalue weighted by Gasteiger charge is -2.40. The lowest BCUT2D eigenvalue weighted by Crippen LogP contribution is -2.62. The molecule has 0 radical (unpaired) electrons. The summed E-state index contributed by atoms with van der Waals surface area (Å²) in [4.78, 5) is 12.3. The van der Waals surface area contributed by atoms with Gasteiger partial charge in [0, 0.05) is 20.8 Å². The molecule has 7 heteroatoms. The summed E-state index contributed by atoms with van der Waals surface area (Å²) in [6.07, 6.45) is -5.70. The van der Waals surface area contributed by atoms with Gasteiger partial charge in [-0.2, -0.15) is 0 Å². The second kappa shape index (κ2) is 7.66. The SMILES string of the molecule is CO[C@@H]1OC(C(=O)NCc2ccccc2)[C@H](OC)[C@H](O)[C@@H]1O. The van der Waals surface area contributed by atoms with E-state index >= 15 is 0 Å². The van der Waals surface area contributed by atoms with Crippen LogP contribution >= 0.6 is 0 Å². The summed E-state index contributed by atoms with van der Waals surface area (Å²) in [5.74, 6) is -0.441. The van der Waals surface area contributed by atoms with Crippen molar-refractivity contribution in [3.8, 4) is 0 Å². The molecule has 0 bridgehead atoms. The van der Waals surface area contributed by atoms with Gasteiger partial charge in [0.25, 0.3) is 5.91 Å². The minimum absolute atomic E-state index is 0.326. The molecule has 1 amide bonds. The molecule has 22 heavy (non-hydrogen) atoms. The Hall–Kier alpha value is -1.51. The van der Waals surface area contributed by atoms with E-state index in [4.69, 9.17) is 14.2 Å². The zero-order valence-electron chi connectivity index (χ0n) is 12.5. The van der Waals surface area contributed by atoms with Crippen LogP contribution < -0.4 is 5.32 Å². The molecule has 1 heterocycles. The van der Waals surface area contributed by atoms with E-state index in [-0.39, 0.29) is 0 Å². The molecule has 0 saturated carbocycles. The van der Waals surface area contributed by atoms with Crippen molar-refractivity contribution in [3.63, 3.8) is 0 Å². The predicted molar refractivity (Wildman–Crippen MR) is 76.8 cm³/mol. The predicted octanol–water partition coefficient (Wildman–Crippen LogP) is -0.589. The van der Waals surface area contributed by atoms with E-state index in [2.05, 4.69) is 5.32 Å². The number of nitrogens with one attached hydrogen (secondary N) is 1. The number of ether oxygens (including phenoxy) is 3. The Balaban J connectivity index is 2.02. The van der Waals surface area contributed by atoms with Crippen molar-refractivity contribution in [2.24, 2.45) is 0 Å². The van der Waals surface area contributed by atoms with Crippen molar-refractivity contribution in [2.45, 2.75) is 37.3 Å². The highest BCUT2D eigenvalue weighted by atomic mass is 16.7. The first kappa shape index (κ1) is 16.9. The van der Waals surface area contributed by atoms with Crippen molar-refractivity contribution in [3.05, 3.63) is 35.9 Å². The highest BCUT2D eigenvalue weighted by molar-refractivity contribution is 5.81. The van der Waals surface area contributed by atoms with E-state index < -0.39 is 36.6 Å². The number of hydrogen-bond acceptors (Lipinski definition) is 6. The molecule has 0 spiro atoms. The van der Waals surface area contributed by atoms with Crippen LogP contribution in [0.3, 0.4) is 0 Å². The summed E-state index contributed by atoms with van der Waals surface area (Å²) in [5.41, 5.74) is 0.935. The summed E-state index contributed by atoms with van der Waals surface area (Å²) in [7, 11) is 2.67. The smallest absolute Gasteiger partial charge is 0.252 e. The summed E-state index contributed by atoms with van der Waals surface area (Å²) >= 11 is 0. The molecule has 1 aromatic rings. The van der Waals surface area contributed by atoms with E-state index in [1.165, 1.54) is 14.2 Å². The van der Waals surface area contributed by atoms with Gasteiger partial charge in [0.15, 0.2) is 12.4 Å². The number of amides is 1. The van der Waals surface area contributed by atoms with Crippen LogP contribution in [0.15, 0.2) is 30.3 Å². The number of carbonyl (C=O) groups excluding carboxylic acids is 1. The Labute approximate surface area is 128 Å². The van der Waals surface area contributed by atoms with Crippen molar-refractivity contribution >= 4 is 5.91 Å². The standard InChI is InChI=1S/C15H21NO6/c1-20-12-10(17)11(18)15(21-2)22-13(12)14(19)16-8-9-6-4-3-5-7-9/h3-7,10-13,15,17-18H,8H2,1-2H3,(H,16,19)/t10-,11+,12-,13?,15-/m1/s1. The molecule has 2 rings (SSSR count). The summed E-state index contributed by atoms with van der Waals surface area (Å²) < 4.78 is 15.4. The lowest BCUT2D eigenvalue weighted by atomic mass is 9.98. The fraction of sp³-hybridized carbons (Fsp3) is 0.533. The average molecular weight is 311 g/mol. The maximum absolute atomic E-state index is 12.3. The third-order valence-corrected chi connectivity index (χ3v) is 3.62. The minimum atomic E-state index is -1.28. The first-order chi connectivity index (χ1) is 10.6. The maximum atomic E-state index is 12.3. The van der Waals surface area contributed by atoms with E-state index in [0.29, 0.717) is 6.54 Å². The number of aliphatic hydroxyl groups is 2. The monoisotopic (exact) mass is 311 g/mol. The van der Waals surface area contributed by atoms with Crippen LogP contribution in [0.25, 0.3) is 0 Å². The molecule has 7 nitrogen and oxygen atoms in total. The molecule has 1 unspecified atom stereocenters. The molecule has 1 saturated heterocycles. The number of carbonyl (C=O) groups is 1. The van der Waals surface area contributed by atoms with Gasteiger partial charge >= 0.3 is 0 Å². The Morgan fingerprint density at radius 2 is 1.86 bits per heavy atom. The number of aliphatic hydroxyl groups excluding tert-OH is 2. The number of benzene rings is 1. The maximum Gasteiger partial charge on any atom is 0.252 e. The van der Waals surface area contributed by atoms with Gasteiger partial charge in [-0.3, -0.25) is 4.79 Å². The fourth-order valence-corrected chi connectivity index (χ4v) is 2.39. The zero-order chi connectivity index (χ0) is 16.1. The van der Waals surface area contributed by atoms with Crippen LogP contribution in [0, 0.1) is 0 Å². The minimum Gasteiger partial charge on any atom is -0.387 e. The highest BCUT2D eigenvalue weighted by Gasteiger charge is 2.47. The number of hydrogen-bond donors (Lipinski definition) is 3. The van der Waals surface area contributed by atoms with E-state index in [0.717, 1.165) is 5.56 Å². The normalized spacial score (nSPS) is 31.7. The molecule has 5 atom stereocenters. The molecular formula is C15H21NO6. The Kier molecular flexibility index (Phi) is 5.87. The van der Waals surface area contributed by atoms with E-state index in [1.807, 2.05) is 30.3 Å². The van der Waals surface area contributed by atoms with E-state index in [9.17, 15) is 15.0 Å². The fourth-order valence-electron chi connectivity index (χ4n) is 2.39. The Morgan fingerprint density at radius 1 is 1.18 bits per heavy atom. The van der Waals surface area contributed by atoms with Crippen LogP contribution in [0.2, 0.25) is 0 Å².